The molecule has 0 aliphatic rings. The lowest BCUT2D eigenvalue weighted by molar-refractivity contribution is 0.295. The number of nitrogens with zero attached hydrogens (tertiary/aromatic N) is 2. The number of para-hydroxylation sites is 2. The molecule has 0 spiro atoms. The molecular weight excluding hydrogens is 316 g/mol. The van der Waals surface area contributed by atoms with Crippen LogP contribution in [-0.4, -0.2) is 50.6 Å². The zero-order valence-electron chi connectivity index (χ0n) is 15.3. The Hall–Kier alpha value is -2.53. The minimum absolute atomic E-state index is 0.0737. The molecule has 2 rings (SSSR count). The standard InChI is InChI=1S/C20H26N2O3/c1-5-25-19-12-8-9-15(20(19)23)13-21-14-17(22(2)3)16-10-6-7-11-18(16)24-4/h6-13,17,23H,5,14H2,1-4H3/t17-/m0/s1. The summed E-state index contributed by atoms with van der Waals surface area (Å²) in [7, 11) is 5.70. The Kier molecular flexibility index (Phi) is 6.83. The lowest BCUT2D eigenvalue weighted by Gasteiger charge is -2.24. The first-order chi connectivity index (χ1) is 12.1. The average molecular weight is 342 g/mol. The summed E-state index contributed by atoms with van der Waals surface area (Å²) < 4.78 is 10.9. The van der Waals surface area contributed by atoms with Crippen LogP contribution in [0.3, 0.4) is 0 Å². The summed E-state index contributed by atoms with van der Waals surface area (Å²) >= 11 is 0. The molecule has 0 aliphatic heterocycles. The van der Waals surface area contributed by atoms with Gasteiger partial charge in [0.15, 0.2) is 11.5 Å². The molecule has 0 bridgehead atoms. The van der Waals surface area contributed by atoms with E-state index in [9.17, 15) is 5.11 Å². The van der Waals surface area contributed by atoms with Crippen LogP contribution in [0, 0.1) is 0 Å². The van der Waals surface area contributed by atoms with Gasteiger partial charge in [-0.05, 0) is 39.2 Å². The maximum Gasteiger partial charge on any atom is 0.166 e. The van der Waals surface area contributed by atoms with Crippen LogP contribution in [0.25, 0.3) is 0 Å². The number of aromatic hydroxyl groups is 1. The Bertz CT molecular complexity index is 714. The molecule has 0 fully saturated rings. The molecule has 0 amide bonds. The van der Waals surface area contributed by atoms with Gasteiger partial charge in [0.05, 0.1) is 26.3 Å². The Morgan fingerprint density at radius 3 is 2.52 bits per heavy atom. The van der Waals surface area contributed by atoms with Crippen molar-refractivity contribution in [1.29, 1.82) is 0 Å². The summed E-state index contributed by atoms with van der Waals surface area (Å²) in [4.78, 5) is 6.64. The van der Waals surface area contributed by atoms with Crippen molar-refractivity contribution in [2.45, 2.75) is 13.0 Å². The number of phenolic OH excluding ortho intramolecular Hbond substituents is 1. The number of hydrogen-bond acceptors (Lipinski definition) is 5. The van der Waals surface area contributed by atoms with Gasteiger partial charge in [-0.25, -0.2) is 0 Å². The molecule has 0 saturated heterocycles. The molecule has 0 saturated carbocycles. The predicted octanol–water partition coefficient (Wildman–Crippen LogP) is 3.52. The molecule has 1 atom stereocenters. The predicted molar refractivity (Wildman–Crippen MR) is 101 cm³/mol. The van der Waals surface area contributed by atoms with Gasteiger partial charge in [0.2, 0.25) is 0 Å². The van der Waals surface area contributed by atoms with Crippen molar-refractivity contribution < 1.29 is 14.6 Å². The zero-order valence-corrected chi connectivity index (χ0v) is 15.3. The van der Waals surface area contributed by atoms with Crippen molar-refractivity contribution >= 4 is 6.21 Å². The van der Waals surface area contributed by atoms with Crippen molar-refractivity contribution in [2.75, 3.05) is 34.4 Å². The number of benzene rings is 2. The Morgan fingerprint density at radius 2 is 1.84 bits per heavy atom. The highest BCUT2D eigenvalue weighted by atomic mass is 16.5. The van der Waals surface area contributed by atoms with Crippen LogP contribution < -0.4 is 9.47 Å². The van der Waals surface area contributed by atoms with E-state index in [0.29, 0.717) is 24.5 Å². The molecule has 2 aromatic rings. The largest absolute Gasteiger partial charge is 0.504 e. The number of hydrogen-bond donors (Lipinski definition) is 1. The van der Waals surface area contributed by atoms with Crippen LogP contribution in [-0.2, 0) is 0 Å². The van der Waals surface area contributed by atoms with Gasteiger partial charge in [0.25, 0.3) is 0 Å². The van der Waals surface area contributed by atoms with E-state index in [0.717, 1.165) is 11.3 Å². The Morgan fingerprint density at radius 1 is 1.12 bits per heavy atom. The first-order valence-corrected chi connectivity index (χ1v) is 8.32. The molecule has 5 nitrogen and oxygen atoms in total. The Labute approximate surface area is 149 Å². The lowest BCUT2D eigenvalue weighted by atomic mass is 10.0. The number of phenols is 1. The van der Waals surface area contributed by atoms with E-state index in [-0.39, 0.29) is 11.8 Å². The van der Waals surface area contributed by atoms with Crippen LogP contribution in [0.4, 0.5) is 0 Å². The minimum atomic E-state index is 0.0737. The first kappa shape index (κ1) is 18.8. The van der Waals surface area contributed by atoms with Gasteiger partial charge in [-0.3, -0.25) is 4.99 Å². The monoisotopic (exact) mass is 342 g/mol. The van der Waals surface area contributed by atoms with E-state index in [2.05, 4.69) is 9.89 Å². The molecule has 0 heterocycles. The molecule has 134 valence electrons. The van der Waals surface area contributed by atoms with Gasteiger partial charge in [0.1, 0.15) is 5.75 Å². The average Bonchev–Trinajstić information content (AvgIpc) is 2.61. The summed E-state index contributed by atoms with van der Waals surface area (Å²) in [6, 6.07) is 13.4. The van der Waals surface area contributed by atoms with Gasteiger partial charge >= 0.3 is 0 Å². The highest BCUT2D eigenvalue weighted by molar-refractivity contribution is 5.84. The van der Waals surface area contributed by atoms with E-state index >= 15 is 0 Å². The Balaban J connectivity index is 2.19. The summed E-state index contributed by atoms with van der Waals surface area (Å²) in [5.41, 5.74) is 1.72. The van der Waals surface area contributed by atoms with E-state index < -0.39 is 0 Å². The van der Waals surface area contributed by atoms with Crippen molar-refractivity contribution in [3.05, 3.63) is 53.6 Å². The van der Waals surface area contributed by atoms with Crippen molar-refractivity contribution in [2.24, 2.45) is 4.99 Å². The van der Waals surface area contributed by atoms with Crippen LogP contribution in [0.1, 0.15) is 24.1 Å². The fraction of sp³-hybridized carbons (Fsp3) is 0.350. The molecule has 5 heteroatoms. The second-order valence-electron chi connectivity index (χ2n) is 5.84. The second-order valence-corrected chi connectivity index (χ2v) is 5.84. The van der Waals surface area contributed by atoms with Gasteiger partial charge in [0, 0.05) is 17.3 Å². The van der Waals surface area contributed by atoms with Crippen LogP contribution in [0.15, 0.2) is 47.5 Å². The van der Waals surface area contributed by atoms with Crippen LogP contribution in [0.2, 0.25) is 0 Å². The number of likely N-dealkylation sites (N-methyl/N-ethyl adjacent to an activating group) is 1. The minimum Gasteiger partial charge on any atom is -0.504 e. The van der Waals surface area contributed by atoms with Crippen molar-refractivity contribution in [3.8, 4) is 17.2 Å². The molecule has 0 radical (unpaired) electrons. The maximum atomic E-state index is 10.2. The highest BCUT2D eigenvalue weighted by Crippen LogP contribution is 2.30. The fourth-order valence-electron chi connectivity index (χ4n) is 2.65. The zero-order chi connectivity index (χ0) is 18.2. The first-order valence-electron chi connectivity index (χ1n) is 8.32. The third-order valence-corrected chi connectivity index (χ3v) is 3.96. The summed E-state index contributed by atoms with van der Waals surface area (Å²) in [5, 5.41) is 10.2. The van der Waals surface area contributed by atoms with E-state index in [1.54, 1.807) is 19.4 Å². The van der Waals surface area contributed by atoms with E-state index in [4.69, 9.17) is 9.47 Å². The van der Waals surface area contributed by atoms with Crippen LogP contribution in [0.5, 0.6) is 17.2 Å². The van der Waals surface area contributed by atoms with Gasteiger partial charge in [-0.2, -0.15) is 0 Å². The summed E-state index contributed by atoms with van der Waals surface area (Å²) in [6.45, 7) is 2.94. The fourth-order valence-corrected chi connectivity index (χ4v) is 2.65. The topological polar surface area (TPSA) is 54.3 Å². The number of aliphatic imine (C=N–C) groups is 1. The molecule has 0 unspecified atom stereocenters. The van der Waals surface area contributed by atoms with Crippen molar-refractivity contribution in [3.63, 3.8) is 0 Å². The number of methoxy groups -OCH3 is 1. The van der Waals surface area contributed by atoms with Gasteiger partial charge in [-0.15, -0.1) is 0 Å². The molecule has 1 N–H and O–H groups in total. The lowest BCUT2D eigenvalue weighted by Crippen LogP contribution is -2.23. The third kappa shape index (κ3) is 4.73. The number of ether oxygens (including phenoxy) is 2. The SMILES string of the molecule is CCOc1cccc(C=NC[C@@H](c2ccccc2OC)N(C)C)c1O. The van der Waals surface area contributed by atoms with Crippen LogP contribution >= 0.6 is 0 Å². The second kappa shape index (κ2) is 9.08. The molecule has 0 aliphatic carbocycles. The summed E-state index contributed by atoms with van der Waals surface area (Å²) in [6.07, 6.45) is 1.68. The third-order valence-electron chi connectivity index (χ3n) is 3.96. The van der Waals surface area contributed by atoms with Gasteiger partial charge in [-0.1, -0.05) is 24.3 Å². The normalized spacial score (nSPS) is 12.5. The molecule has 2 aromatic carbocycles. The maximum absolute atomic E-state index is 10.2. The van der Waals surface area contributed by atoms with E-state index in [1.165, 1.54) is 0 Å². The molecule has 25 heavy (non-hydrogen) atoms. The highest BCUT2D eigenvalue weighted by Gasteiger charge is 2.17. The quantitative estimate of drug-likeness (QED) is 0.746. The van der Waals surface area contributed by atoms with Crippen molar-refractivity contribution in [1.82, 2.24) is 4.90 Å². The summed E-state index contributed by atoms with van der Waals surface area (Å²) in [5.74, 6) is 1.43. The van der Waals surface area contributed by atoms with Gasteiger partial charge < -0.3 is 19.5 Å². The molecular formula is C20H26N2O3. The van der Waals surface area contributed by atoms with E-state index in [1.807, 2.05) is 57.4 Å². The number of rotatable bonds is 8. The molecule has 0 aromatic heterocycles. The smallest absolute Gasteiger partial charge is 0.166 e.